The Bertz CT molecular complexity index is 1030. The fourth-order valence-corrected chi connectivity index (χ4v) is 2.75. The van der Waals surface area contributed by atoms with Crippen LogP contribution in [-0.2, 0) is 4.79 Å². The summed E-state index contributed by atoms with van der Waals surface area (Å²) in [5.41, 5.74) is 3.65. The number of hydrogen-bond acceptors (Lipinski definition) is 4. The summed E-state index contributed by atoms with van der Waals surface area (Å²) in [7, 11) is 0. The van der Waals surface area contributed by atoms with Gasteiger partial charge in [-0.15, -0.1) is 0 Å². The molecule has 2 aromatic carbocycles. The van der Waals surface area contributed by atoms with Crippen LogP contribution in [-0.4, -0.2) is 16.9 Å². The number of ether oxygens (including phenoxy) is 1. The van der Waals surface area contributed by atoms with Crippen molar-refractivity contribution in [2.24, 2.45) is 0 Å². The SMILES string of the molecule is CC(=O)N[C@@H](C)/C=C/c1ccc(Oc2ccc(-c3ccc(C#N)cc3)cc2)nc1. The largest absolute Gasteiger partial charge is 0.439 e. The number of nitriles is 1. The minimum Gasteiger partial charge on any atom is -0.439 e. The molecule has 5 heteroatoms. The molecule has 3 rings (SSSR count). The molecule has 1 aromatic heterocycles. The molecule has 1 heterocycles. The van der Waals surface area contributed by atoms with Crippen molar-refractivity contribution in [3.05, 3.63) is 84.1 Å². The van der Waals surface area contributed by atoms with E-state index in [0.29, 0.717) is 17.2 Å². The van der Waals surface area contributed by atoms with Crippen molar-refractivity contribution >= 4 is 12.0 Å². The average Bonchev–Trinajstić information content (AvgIpc) is 2.73. The zero-order valence-corrected chi connectivity index (χ0v) is 16.3. The Morgan fingerprint density at radius 2 is 1.72 bits per heavy atom. The van der Waals surface area contributed by atoms with Crippen molar-refractivity contribution in [3.63, 3.8) is 0 Å². The minimum atomic E-state index is -0.0609. The van der Waals surface area contributed by atoms with E-state index in [9.17, 15) is 4.79 Å². The van der Waals surface area contributed by atoms with E-state index >= 15 is 0 Å². The summed E-state index contributed by atoms with van der Waals surface area (Å²) in [6, 6.07) is 21.0. The van der Waals surface area contributed by atoms with Gasteiger partial charge in [-0.2, -0.15) is 5.26 Å². The fraction of sp³-hybridized carbons (Fsp3) is 0.125. The molecule has 1 atom stereocenters. The van der Waals surface area contributed by atoms with E-state index in [1.54, 1.807) is 24.4 Å². The first kappa shape index (κ1) is 19.8. The predicted octanol–water partition coefficient (Wildman–Crippen LogP) is 4.95. The summed E-state index contributed by atoms with van der Waals surface area (Å²) in [5.74, 6) is 1.13. The van der Waals surface area contributed by atoms with Crippen LogP contribution >= 0.6 is 0 Å². The Morgan fingerprint density at radius 1 is 1.07 bits per heavy atom. The molecule has 0 spiro atoms. The van der Waals surface area contributed by atoms with E-state index < -0.39 is 0 Å². The number of aromatic nitrogens is 1. The second kappa shape index (κ2) is 9.34. The van der Waals surface area contributed by atoms with Crippen LogP contribution in [0.1, 0.15) is 25.0 Å². The highest BCUT2D eigenvalue weighted by atomic mass is 16.5. The number of benzene rings is 2. The Morgan fingerprint density at radius 3 is 2.28 bits per heavy atom. The lowest BCUT2D eigenvalue weighted by molar-refractivity contribution is -0.119. The molecule has 0 aliphatic rings. The quantitative estimate of drug-likeness (QED) is 0.653. The molecule has 0 saturated heterocycles. The zero-order valence-electron chi connectivity index (χ0n) is 16.3. The summed E-state index contributed by atoms with van der Waals surface area (Å²) >= 11 is 0. The Hall–Kier alpha value is -3.91. The van der Waals surface area contributed by atoms with Gasteiger partial charge in [0.1, 0.15) is 5.75 Å². The van der Waals surface area contributed by atoms with Crippen LogP contribution in [0, 0.1) is 11.3 Å². The molecule has 5 nitrogen and oxygen atoms in total. The lowest BCUT2D eigenvalue weighted by Gasteiger charge is -2.07. The maximum atomic E-state index is 11.0. The minimum absolute atomic E-state index is 0.0435. The number of amides is 1. The first-order valence-corrected chi connectivity index (χ1v) is 9.23. The van der Waals surface area contributed by atoms with E-state index in [-0.39, 0.29) is 11.9 Å². The van der Waals surface area contributed by atoms with Crippen molar-refractivity contribution in [1.82, 2.24) is 10.3 Å². The summed E-state index contributed by atoms with van der Waals surface area (Å²) in [5, 5.41) is 11.7. The molecule has 0 aliphatic carbocycles. The van der Waals surface area contributed by atoms with Crippen LogP contribution in [0.4, 0.5) is 0 Å². The number of carbonyl (C=O) groups excluding carboxylic acids is 1. The molecule has 0 aliphatic heterocycles. The number of nitrogens with one attached hydrogen (secondary N) is 1. The topological polar surface area (TPSA) is 75.0 Å². The van der Waals surface area contributed by atoms with Gasteiger partial charge in [0.25, 0.3) is 0 Å². The molecule has 0 unspecified atom stereocenters. The van der Waals surface area contributed by atoms with Gasteiger partial charge < -0.3 is 10.1 Å². The third-order valence-corrected chi connectivity index (χ3v) is 4.19. The number of hydrogen-bond donors (Lipinski definition) is 1. The van der Waals surface area contributed by atoms with E-state index in [2.05, 4.69) is 16.4 Å². The maximum absolute atomic E-state index is 11.0. The maximum Gasteiger partial charge on any atom is 0.219 e. The molecular weight excluding hydrogens is 362 g/mol. The second-order valence-electron chi connectivity index (χ2n) is 6.59. The van der Waals surface area contributed by atoms with Gasteiger partial charge >= 0.3 is 0 Å². The summed E-state index contributed by atoms with van der Waals surface area (Å²) in [4.78, 5) is 15.3. The van der Waals surface area contributed by atoms with E-state index in [0.717, 1.165) is 16.7 Å². The smallest absolute Gasteiger partial charge is 0.219 e. The van der Waals surface area contributed by atoms with Gasteiger partial charge in [-0.05, 0) is 53.9 Å². The highest BCUT2D eigenvalue weighted by molar-refractivity contribution is 5.73. The average molecular weight is 383 g/mol. The van der Waals surface area contributed by atoms with Gasteiger partial charge in [-0.25, -0.2) is 4.98 Å². The van der Waals surface area contributed by atoms with Gasteiger partial charge in [-0.1, -0.05) is 36.4 Å². The summed E-state index contributed by atoms with van der Waals surface area (Å²) < 4.78 is 5.80. The molecule has 0 bridgehead atoms. The highest BCUT2D eigenvalue weighted by Crippen LogP contribution is 2.25. The standard InChI is InChI=1S/C24H21N3O2/c1-17(27-18(2)28)3-4-20-7-14-24(26-16-20)29-23-12-10-22(11-13-23)21-8-5-19(15-25)6-9-21/h3-14,16-17H,1-2H3,(H,27,28)/b4-3+/t17-/m0/s1. The van der Waals surface area contributed by atoms with Crippen LogP contribution in [0.25, 0.3) is 17.2 Å². The van der Waals surface area contributed by atoms with Crippen LogP contribution in [0.5, 0.6) is 11.6 Å². The highest BCUT2D eigenvalue weighted by Gasteiger charge is 2.02. The number of carbonyl (C=O) groups is 1. The number of nitrogens with zero attached hydrogens (tertiary/aromatic N) is 2. The van der Waals surface area contributed by atoms with Crippen LogP contribution < -0.4 is 10.1 Å². The molecule has 0 fully saturated rings. The van der Waals surface area contributed by atoms with E-state index in [1.807, 2.05) is 61.5 Å². The van der Waals surface area contributed by atoms with Crippen LogP contribution in [0.2, 0.25) is 0 Å². The molecule has 3 aromatic rings. The van der Waals surface area contributed by atoms with E-state index in [1.165, 1.54) is 6.92 Å². The fourth-order valence-electron chi connectivity index (χ4n) is 2.75. The van der Waals surface area contributed by atoms with Crippen molar-refractivity contribution in [1.29, 1.82) is 5.26 Å². The lowest BCUT2D eigenvalue weighted by Crippen LogP contribution is -2.28. The molecular formula is C24H21N3O2. The van der Waals surface area contributed by atoms with Crippen LogP contribution in [0.15, 0.2) is 72.9 Å². The van der Waals surface area contributed by atoms with Crippen molar-refractivity contribution in [2.75, 3.05) is 0 Å². The van der Waals surface area contributed by atoms with E-state index in [4.69, 9.17) is 10.00 Å². The first-order chi connectivity index (χ1) is 14.0. The predicted molar refractivity (Wildman–Crippen MR) is 113 cm³/mol. The third kappa shape index (κ3) is 5.78. The van der Waals surface area contributed by atoms with Crippen molar-refractivity contribution in [3.8, 4) is 28.8 Å². The van der Waals surface area contributed by atoms with Gasteiger partial charge in [0, 0.05) is 25.2 Å². The summed E-state index contributed by atoms with van der Waals surface area (Å²) in [6.07, 6.45) is 5.53. The lowest BCUT2D eigenvalue weighted by atomic mass is 10.0. The number of rotatable bonds is 6. The van der Waals surface area contributed by atoms with Crippen molar-refractivity contribution in [2.45, 2.75) is 19.9 Å². The van der Waals surface area contributed by atoms with Crippen LogP contribution in [0.3, 0.4) is 0 Å². The molecule has 1 amide bonds. The molecule has 1 N–H and O–H groups in total. The van der Waals surface area contributed by atoms with Crippen molar-refractivity contribution < 1.29 is 9.53 Å². The Balaban J connectivity index is 1.62. The Kier molecular flexibility index (Phi) is 6.39. The second-order valence-corrected chi connectivity index (χ2v) is 6.59. The van der Waals surface area contributed by atoms with Gasteiger partial charge in [-0.3, -0.25) is 4.79 Å². The third-order valence-electron chi connectivity index (χ3n) is 4.19. The number of pyridine rings is 1. The molecule has 29 heavy (non-hydrogen) atoms. The monoisotopic (exact) mass is 383 g/mol. The van der Waals surface area contributed by atoms with Gasteiger partial charge in [0.15, 0.2) is 0 Å². The zero-order chi connectivity index (χ0) is 20.6. The Labute approximate surface area is 170 Å². The molecule has 0 saturated carbocycles. The summed E-state index contributed by atoms with van der Waals surface area (Å²) in [6.45, 7) is 3.40. The molecule has 144 valence electrons. The normalized spacial score (nSPS) is 11.6. The van der Waals surface area contributed by atoms with Gasteiger partial charge in [0.05, 0.1) is 11.6 Å². The van der Waals surface area contributed by atoms with Gasteiger partial charge in [0.2, 0.25) is 11.8 Å². The molecule has 0 radical (unpaired) electrons. The first-order valence-electron chi connectivity index (χ1n) is 9.23.